The van der Waals surface area contributed by atoms with Gasteiger partial charge in [-0.15, -0.1) is 0 Å². The first kappa shape index (κ1) is 21.8. The number of hydrogen-bond acceptors (Lipinski definition) is 2. The molecule has 2 nitrogen and oxygen atoms in total. The van der Waals surface area contributed by atoms with Crippen molar-refractivity contribution in [2.24, 2.45) is 5.92 Å². The molecule has 0 bridgehead atoms. The van der Waals surface area contributed by atoms with E-state index in [9.17, 15) is 9.50 Å². The van der Waals surface area contributed by atoms with Crippen molar-refractivity contribution in [2.45, 2.75) is 77.0 Å². The van der Waals surface area contributed by atoms with Crippen LogP contribution in [0.5, 0.6) is 5.75 Å². The summed E-state index contributed by atoms with van der Waals surface area (Å²) in [5.41, 5.74) is 3.23. The Morgan fingerprint density at radius 2 is 1.76 bits per heavy atom. The number of hydrogen-bond donors (Lipinski definition) is 2. The molecule has 0 unspecified atom stereocenters. The molecule has 2 N–H and O–H groups in total. The molecule has 0 spiro atoms. The summed E-state index contributed by atoms with van der Waals surface area (Å²) in [7, 11) is 0. The third-order valence-corrected chi connectivity index (χ3v) is 6.52. The lowest BCUT2D eigenvalue weighted by molar-refractivity contribution is 0.288. The highest BCUT2D eigenvalue weighted by atomic mass is 19.1. The second-order valence-electron chi connectivity index (χ2n) is 8.62. The van der Waals surface area contributed by atoms with Crippen molar-refractivity contribution in [1.29, 1.82) is 0 Å². The molecule has 2 aromatic rings. The number of aromatic hydroxyl groups is 1. The first-order valence-corrected chi connectivity index (χ1v) is 11.3. The Morgan fingerprint density at radius 3 is 2.45 bits per heavy atom. The van der Waals surface area contributed by atoms with Crippen LogP contribution in [-0.2, 0) is 6.42 Å². The van der Waals surface area contributed by atoms with Crippen molar-refractivity contribution >= 4 is 0 Å². The molecule has 0 saturated heterocycles. The molecule has 1 fully saturated rings. The van der Waals surface area contributed by atoms with E-state index in [4.69, 9.17) is 5.11 Å². The average molecular weight is 399 g/mol. The van der Waals surface area contributed by atoms with E-state index in [0.29, 0.717) is 24.3 Å². The molecule has 0 atom stereocenters. The molecular weight excluding hydrogens is 363 g/mol. The fraction of sp³-hybridized carbons (Fsp3) is 0.538. The summed E-state index contributed by atoms with van der Waals surface area (Å²) in [4.78, 5) is 0. The second kappa shape index (κ2) is 10.8. The van der Waals surface area contributed by atoms with Crippen LogP contribution in [0.4, 0.5) is 4.39 Å². The molecule has 158 valence electrons. The summed E-state index contributed by atoms with van der Waals surface area (Å²) < 4.78 is 15.0. The molecule has 0 heterocycles. The minimum absolute atomic E-state index is 0.0770. The van der Waals surface area contributed by atoms with Gasteiger partial charge >= 0.3 is 0 Å². The lowest BCUT2D eigenvalue weighted by Gasteiger charge is -2.29. The molecule has 0 aliphatic heterocycles. The van der Waals surface area contributed by atoms with Crippen molar-refractivity contribution in [2.75, 3.05) is 6.61 Å². The summed E-state index contributed by atoms with van der Waals surface area (Å²) in [5.74, 6) is 1.35. The largest absolute Gasteiger partial charge is 0.508 e. The highest BCUT2D eigenvalue weighted by molar-refractivity contribution is 5.66. The Hall–Kier alpha value is -1.87. The molecule has 3 rings (SSSR count). The molecule has 1 aliphatic rings. The Balaban J connectivity index is 1.67. The number of aliphatic hydroxyl groups is 1. The van der Waals surface area contributed by atoms with Gasteiger partial charge in [-0.1, -0.05) is 50.8 Å². The van der Waals surface area contributed by atoms with Gasteiger partial charge in [0.25, 0.3) is 0 Å². The predicted octanol–water partition coefficient (Wildman–Crippen LogP) is 6.98. The highest BCUT2D eigenvalue weighted by Crippen LogP contribution is 2.39. The maximum absolute atomic E-state index is 15.0. The third kappa shape index (κ3) is 5.82. The summed E-state index contributed by atoms with van der Waals surface area (Å²) >= 11 is 0. The second-order valence-corrected chi connectivity index (χ2v) is 8.62. The molecule has 1 aliphatic carbocycles. The molecule has 0 amide bonds. The van der Waals surface area contributed by atoms with Crippen molar-refractivity contribution in [3.05, 3.63) is 53.3 Å². The normalized spacial score (nSPS) is 19.4. The maximum atomic E-state index is 15.0. The number of rotatable bonds is 9. The Bertz CT molecular complexity index is 778. The summed E-state index contributed by atoms with van der Waals surface area (Å²) in [6.45, 7) is 2.33. The Kier molecular flexibility index (Phi) is 8.11. The van der Waals surface area contributed by atoms with Crippen LogP contribution in [0.15, 0.2) is 36.4 Å². The van der Waals surface area contributed by atoms with E-state index in [1.54, 1.807) is 18.2 Å². The predicted molar refractivity (Wildman–Crippen MR) is 118 cm³/mol. The van der Waals surface area contributed by atoms with Gasteiger partial charge in [0.2, 0.25) is 0 Å². The molecule has 3 heteroatoms. The SMILES string of the molecule is CCCCCC1CCC(c2ccc(-c3ccc(O)c(CCCO)c3)c(F)c2)CC1. The Labute approximate surface area is 174 Å². The van der Waals surface area contributed by atoms with Crippen LogP contribution in [0, 0.1) is 11.7 Å². The summed E-state index contributed by atoms with van der Waals surface area (Å²) in [6, 6.07) is 10.9. The van der Waals surface area contributed by atoms with Gasteiger partial charge in [0.15, 0.2) is 0 Å². The van der Waals surface area contributed by atoms with Gasteiger partial charge in [-0.3, -0.25) is 0 Å². The minimum atomic E-state index is -0.189. The van der Waals surface area contributed by atoms with E-state index in [0.717, 1.165) is 22.6 Å². The first-order chi connectivity index (χ1) is 14.1. The van der Waals surface area contributed by atoms with Crippen molar-refractivity contribution in [3.63, 3.8) is 0 Å². The van der Waals surface area contributed by atoms with Crippen molar-refractivity contribution < 1.29 is 14.6 Å². The molecule has 1 saturated carbocycles. The number of phenolic OH excluding ortho intramolecular Hbond substituents is 1. The molecule has 0 radical (unpaired) electrons. The van der Waals surface area contributed by atoms with E-state index >= 15 is 0 Å². The molecular formula is C26H35FO2. The number of aryl methyl sites for hydroxylation is 1. The lowest BCUT2D eigenvalue weighted by atomic mass is 9.77. The minimum Gasteiger partial charge on any atom is -0.508 e. The zero-order valence-corrected chi connectivity index (χ0v) is 17.7. The van der Waals surface area contributed by atoms with Crippen LogP contribution < -0.4 is 0 Å². The van der Waals surface area contributed by atoms with Crippen LogP contribution in [0.3, 0.4) is 0 Å². The van der Waals surface area contributed by atoms with Gasteiger partial charge in [0.05, 0.1) is 0 Å². The first-order valence-electron chi connectivity index (χ1n) is 11.3. The van der Waals surface area contributed by atoms with Gasteiger partial charge in [0.1, 0.15) is 11.6 Å². The van der Waals surface area contributed by atoms with E-state index < -0.39 is 0 Å². The number of benzene rings is 2. The number of phenols is 1. The number of halogens is 1. The average Bonchev–Trinajstić information content (AvgIpc) is 2.74. The molecule has 2 aromatic carbocycles. The Morgan fingerprint density at radius 1 is 0.966 bits per heavy atom. The fourth-order valence-electron chi connectivity index (χ4n) is 4.71. The van der Waals surface area contributed by atoms with E-state index in [1.165, 1.54) is 51.4 Å². The lowest BCUT2D eigenvalue weighted by Crippen LogP contribution is -2.13. The number of aliphatic hydroxyl groups excluding tert-OH is 1. The summed E-state index contributed by atoms with van der Waals surface area (Å²) in [5, 5.41) is 19.0. The third-order valence-electron chi connectivity index (χ3n) is 6.52. The van der Waals surface area contributed by atoms with Crippen LogP contribution in [0.2, 0.25) is 0 Å². The quantitative estimate of drug-likeness (QED) is 0.447. The molecule has 29 heavy (non-hydrogen) atoms. The van der Waals surface area contributed by atoms with Crippen LogP contribution >= 0.6 is 0 Å². The van der Waals surface area contributed by atoms with E-state index in [-0.39, 0.29) is 18.2 Å². The van der Waals surface area contributed by atoms with Gasteiger partial charge in [-0.25, -0.2) is 4.39 Å². The zero-order valence-electron chi connectivity index (χ0n) is 17.7. The zero-order chi connectivity index (χ0) is 20.6. The standard InChI is InChI=1S/C26H35FO2/c1-2-3-4-6-19-8-10-20(11-9-19)21-12-14-24(25(27)18-21)22-13-15-26(29)23(17-22)7-5-16-28/h12-15,17-20,28-29H,2-11,16H2,1H3. The van der Waals surface area contributed by atoms with Gasteiger partial charge < -0.3 is 10.2 Å². The summed E-state index contributed by atoms with van der Waals surface area (Å²) in [6.07, 6.45) is 11.4. The van der Waals surface area contributed by atoms with Crippen LogP contribution in [-0.4, -0.2) is 16.8 Å². The van der Waals surface area contributed by atoms with Crippen molar-refractivity contribution in [3.8, 4) is 16.9 Å². The fourth-order valence-corrected chi connectivity index (χ4v) is 4.71. The topological polar surface area (TPSA) is 40.5 Å². The monoisotopic (exact) mass is 398 g/mol. The highest BCUT2D eigenvalue weighted by Gasteiger charge is 2.23. The van der Waals surface area contributed by atoms with E-state index in [2.05, 4.69) is 13.0 Å². The maximum Gasteiger partial charge on any atom is 0.131 e. The van der Waals surface area contributed by atoms with Gasteiger partial charge in [-0.05, 0) is 85.3 Å². The number of unbranched alkanes of at least 4 members (excludes halogenated alkanes) is 2. The van der Waals surface area contributed by atoms with Crippen molar-refractivity contribution in [1.82, 2.24) is 0 Å². The van der Waals surface area contributed by atoms with Crippen LogP contribution in [0.25, 0.3) is 11.1 Å². The molecule has 0 aromatic heterocycles. The smallest absolute Gasteiger partial charge is 0.131 e. The van der Waals surface area contributed by atoms with Gasteiger partial charge in [0, 0.05) is 12.2 Å². The van der Waals surface area contributed by atoms with Crippen LogP contribution in [0.1, 0.15) is 81.8 Å². The van der Waals surface area contributed by atoms with E-state index in [1.807, 2.05) is 12.1 Å². The van der Waals surface area contributed by atoms with Gasteiger partial charge in [-0.2, -0.15) is 0 Å².